The summed E-state index contributed by atoms with van der Waals surface area (Å²) in [7, 11) is 2.17. The zero-order valence-corrected chi connectivity index (χ0v) is 12.0. The number of allylic oxidation sites excluding steroid dienone is 1. The van der Waals surface area contributed by atoms with E-state index in [0.717, 1.165) is 6.42 Å². The van der Waals surface area contributed by atoms with Crippen LogP contribution in [0, 0.1) is 0 Å². The Labute approximate surface area is 104 Å². The summed E-state index contributed by atoms with van der Waals surface area (Å²) in [5.74, 6) is -0.314. The van der Waals surface area contributed by atoms with Crippen LogP contribution in [0.15, 0.2) is 12.2 Å². The molecule has 0 saturated heterocycles. The first-order valence-electron chi connectivity index (χ1n) is 5.62. The van der Waals surface area contributed by atoms with Gasteiger partial charge < -0.3 is 18.0 Å². The molecule has 5 nitrogen and oxygen atoms in total. The summed E-state index contributed by atoms with van der Waals surface area (Å²) in [5.41, 5.74) is 0. The number of esters is 1. The summed E-state index contributed by atoms with van der Waals surface area (Å²) >= 11 is 0. The van der Waals surface area contributed by atoms with Crippen molar-refractivity contribution in [2.45, 2.75) is 25.8 Å². The summed E-state index contributed by atoms with van der Waals surface area (Å²) in [6.45, 7) is 2.30. The van der Waals surface area contributed by atoms with Gasteiger partial charge in [-0.05, 0) is 12.8 Å². The van der Waals surface area contributed by atoms with E-state index >= 15 is 0 Å². The quantitative estimate of drug-likeness (QED) is 0.274. The lowest BCUT2D eigenvalue weighted by Crippen LogP contribution is -2.42. The Hall–Kier alpha value is -0.693. The molecule has 0 fully saturated rings. The first-order valence-corrected chi connectivity index (χ1v) is 7.56. The number of carbonyl (C=O) groups is 1. The molecule has 6 heteroatoms. The zero-order chi connectivity index (χ0) is 13.1. The number of ether oxygens (including phenoxy) is 1. The van der Waals surface area contributed by atoms with E-state index in [1.54, 1.807) is 27.4 Å². The Morgan fingerprint density at radius 1 is 1.18 bits per heavy atom. The summed E-state index contributed by atoms with van der Waals surface area (Å²) < 4.78 is 20.7. The second-order valence-electron chi connectivity index (χ2n) is 3.38. The lowest BCUT2D eigenvalue weighted by atomic mass is 10.4. The van der Waals surface area contributed by atoms with Crippen molar-refractivity contribution in [1.29, 1.82) is 0 Å². The van der Waals surface area contributed by atoms with E-state index in [9.17, 15) is 4.79 Å². The van der Waals surface area contributed by atoms with Crippen molar-refractivity contribution in [3.8, 4) is 0 Å². The van der Waals surface area contributed by atoms with Gasteiger partial charge in [-0.2, -0.15) is 0 Å². The van der Waals surface area contributed by atoms with Crippen LogP contribution in [-0.2, 0) is 22.8 Å². The van der Waals surface area contributed by atoms with E-state index in [-0.39, 0.29) is 5.97 Å². The third-order valence-electron chi connectivity index (χ3n) is 2.29. The maximum atomic E-state index is 11.1. The molecule has 100 valence electrons. The van der Waals surface area contributed by atoms with E-state index in [1.807, 2.05) is 6.92 Å². The highest BCUT2D eigenvalue weighted by atomic mass is 28.4. The topological polar surface area (TPSA) is 54.0 Å². The molecular weight excluding hydrogens is 240 g/mol. The molecule has 0 aliphatic carbocycles. The molecule has 0 aliphatic rings. The van der Waals surface area contributed by atoms with Crippen LogP contribution < -0.4 is 0 Å². The molecular formula is C11H22O5Si. The van der Waals surface area contributed by atoms with Gasteiger partial charge in [-0.3, -0.25) is 0 Å². The maximum Gasteiger partial charge on any atom is 0.500 e. The molecule has 0 aromatic carbocycles. The van der Waals surface area contributed by atoms with Gasteiger partial charge in [0.15, 0.2) is 0 Å². The minimum atomic E-state index is -2.52. The van der Waals surface area contributed by atoms with Crippen LogP contribution in [0.5, 0.6) is 0 Å². The van der Waals surface area contributed by atoms with E-state index in [0.29, 0.717) is 19.1 Å². The molecule has 0 radical (unpaired) electrons. The van der Waals surface area contributed by atoms with Gasteiger partial charge in [0.25, 0.3) is 0 Å². The van der Waals surface area contributed by atoms with Crippen LogP contribution in [0.2, 0.25) is 6.04 Å². The van der Waals surface area contributed by atoms with Gasteiger partial charge in [0.2, 0.25) is 0 Å². The molecule has 0 N–H and O–H groups in total. The summed E-state index contributed by atoms with van der Waals surface area (Å²) in [6.07, 6.45) is 4.68. The zero-order valence-electron chi connectivity index (χ0n) is 11.0. The minimum Gasteiger partial charge on any atom is -0.463 e. The smallest absolute Gasteiger partial charge is 0.463 e. The standard InChI is InChI=1S/C11H22O5Si/c1-5-6-8-11(12)16-9-7-10-17(13-2,14-3)15-4/h6,8H,5,7,9-10H2,1-4H3. The fraction of sp³-hybridized carbons (Fsp3) is 0.727. The van der Waals surface area contributed by atoms with Crippen molar-refractivity contribution in [3.63, 3.8) is 0 Å². The van der Waals surface area contributed by atoms with Gasteiger partial charge in [0.1, 0.15) is 0 Å². The monoisotopic (exact) mass is 262 g/mol. The van der Waals surface area contributed by atoms with Gasteiger partial charge in [-0.1, -0.05) is 13.0 Å². The van der Waals surface area contributed by atoms with E-state index in [4.69, 9.17) is 18.0 Å². The molecule has 0 amide bonds. The Morgan fingerprint density at radius 2 is 1.76 bits per heavy atom. The molecule has 0 heterocycles. The Kier molecular flexibility index (Phi) is 8.97. The average molecular weight is 262 g/mol. The Morgan fingerprint density at radius 3 is 2.24 bits per heavy atom. The second-order valence-corrected chi connectivity index (χ2v) is 6.47. The number of carbonyl (C=O) groups excluding carboxylic acids is 1. The van der Waals surface area contributed by atoms with Crippen molar-refractivity contribution in [3.05, 3.63) is 12.2 Å². The second kappa shape index (κ2) is 9.35. The summed E-state index contributed by atoms with van der Waals surface area (Å²) in [5, 5.41) is 0. The minimum absolute atomic E-state index is 0.314. The van der Waals surface area contributed by atoms with Crippen molar-refractivity contribution < 1.29 is 22.8 Å². The summed E-state index contributed by atoms with van der Waals surface area (Å²) in [4.78, 5) is 11.1. The molecule has 0 bridgehead atoms. The number of hydrogen-bond donors (Lipinski definition) is 0. The molecule has 0 aliphatic heterocycles. The molecule has 0 atom stereocenters. The molecule has 0 unspecified atom stereocenters. The van der Waals surface area contributed by atoms with Crippen LogP contribution in [0.25, 0.3) is 0 Å². The van der Waals surface area contributed by atoms with Crippen LogP contribution in [-0.4, -0.2) is 42.7 Å². The highest BCUT2D eigenvalue weighted by molar-refractivity contribution is 6.60. The van der Waals surface area contributed by atoms with Crippen molar-refractivity contribution in [2.24, 2.45) is 0 Å². The van der Waals surface area contributed by atoms with Crippen molar-refractivity contribution in [2.75, 3.05) is 27.9 Å². The third kappa shape index (κ3) is 6.57. The van der Waals surface area contributed by atoms with Gasteiger partial charge in [-0.15, -0.1) is 0 Å². The van der Waals surface area contributed by atoms with Crippen LogP contribution >= 0.6 is 0 Å². The van der Waals surface area contributed by atoms with Gasteiger partial charge >= 0.3 is 14.8 Å². The first kappa shape index (κ1) is 16.3. The Bertz CT molecular complexity index is 230. The van der Waals surface area contributed by atoms with Crippen LogP contribution in [0.3, 0.4) is 0 Å². The molecule has 0 saturated carbocycles. The van der Waals surface area contributed by atoms with Gasteiger partial charge in [0, 0.05) is 33.4 Å². The largest absolute Gasteiger partial charge is 0.500 e. The molecule has 0 aromatic heterocycles. The highest BCUT2D eigenvalue weighted by Gasteiger charge is 2.36. The predicted octanol–water partition coefficient (Wildman–Crippen LogP) is 1.76. The van der Waals surface area contributed by atoms with Gasteiger partial charge in [0.05, 0.1) is 6.61 Å². The average Bonchev–Trinajstić information content (AvgIpc) is 2.37. The van der Waals surface area contributed by atoms with E-state index < -0.39 is 8.80 Å². The highest BCUT2D eigenvalue weighted by Crippen LogP contribution is 2.14. The number of rotatable bonds is 9. The van der Waals surface area contributed by atoms with E-state index in [1.165, 1.54) is 6.08 Å². The SMILES string of the molecule is CCC=CC(=O)OCCC[Si](OC)(OC)OC. The predicted molar refractivity (Wildman–Crippen MR) is 66.6 cm³/mol. The van der Waals surface area contributed by atoms with Crippen molar-refractivity contribution >= 4 is 14.8 Å². The Balaban J connectivity index is 3.83. The third-order valence-corrected chi connectivity index (χ3v) is 5.13. The van der Waals surface area contributed by atoms with Crippen molar-refractivity contribution in [1.82, 2.24) is 0 Å². The molecule has 0 spiro atoms. The number of hydrogen-bond acceptors (Lipinski definition) is 5. The fourth-order valence-corrected chi connectivity index (χ4v) is 2.97. The van der Waals surface area contributed by atoms with Crippen LogP contribution in [0.1, 0.15) is 19.8 Å². The molecule has 17 heavy (non-hydrogen) atoms. The molecule has 0 rings (SSSR count). The fourth-order valence-electron chi connectivity index (χ4n) is 1.28. The van der Waals surface area contributed by atoms with Gasteiger partial charge in [-0.25, -0.2) is 4.79 Å². The van der Waals surface area contributed by atoms with Crippen LogP contribution in [0.4, 0.5) is 0 Å². The summed E-state index contributed by atoms with van der Waals surface area (Å²) in [6, 6.07) is 0.626. The lowest BCUT2D eigenvalue weighted by molar-refractivity contribution is -0.137. The lowest BCUT2D eigenvalue weighted by Gasteiger charge is -2.23. The normalized spacial score (nSPS) is 12.0. The maximum absolute atomic E-state index is 11.1. The molecule has 0 aromatic rings. The first-order chi connectivity index (χ1) is 8.14. The van der Waals surface area contributed by atoms with E-state index in [2.05, 4.69) is 0 Å².